The Hall–Kier alpha value is -2.25. The average molecular weight is 865 g/mol. The van der Waals surface area contributed by atoms with E-state index in [0.717, 1.165) is 50.5 Å². The molecule has 7 fully saturated rings. The van der Waals surface area contributed by atoms with Crippen molar-refractivity contribution >= 4 is 17.9 Å². The van der Waals surface area contributed by atoms with Gasteiger partial charge in [-0.05, 0) is 94.5 Å². The van der Waals surface area contributed by atoms with Crippen LogP contribution in [0.25, 0.3) is 0 Å². The van der Waals surface area contributed by atoms with Gasteiger partial charge in [-0.25, -0.2) is 4.79 Å². The van der Waals surface area contributed by atoms with E-state index < -0.39 is 109 Å². The molecular weight excluding hydrogens is 796 g/mol. The van der Waals surface area contributed by atoms with Crippen LogP contribution in [0, 0.1) is 34.5 Å². The molecule has 0 aromatic heterocycles. The molecule has 1 unspecified atom stereocenters. The highest BCUT2D eigenvalue weighted by atomic mass is 16.7. The Morgan fingerprint density at radius 1 is 0.721 bits per heavy atom. The molecule has 0 spiro atoms. The molecule has 4 aliphatic heterocycles. The maximum atomic E-state index is 12.9. The van der Waals surface area contributed by atoms with Crippen LogP contribution in [-0.2, 0) is 57.0 Å². The summed E-state index contributed by atoms with van der Waals surface area (Å²) in [5, 5.41) is 44.3. The van der Waals surface area contributed by atoms with Gasteiger partial charge >= 0.3 is 17.9 Å². The summed E-state index contributed by atoms with van der Waals surface area (Å²) < 4.78 is 54.5. The van der Waals surface area contributed by atoms with Crippen LogP contribution in [-0.4, -0.2) is 137 Å². The molecule has 3 saturated heterocycles. The molecule has 0 bridgehead atoms. The number of hydrogen-bond donors (Lipinski definition) is 4. The van der Waals surface area contributed by atoms with E-state index in [-0.39, 0.29) is 55.1 Å². The second-order valence-corrected chi connectivity index (χ2v) is 20.1. The van der Waals surface area contributed by atoms with Crippen LogP contribution < -0.4 is 0 Å². The number of carbonyl (C=O) groups is 3. The molecule has 16 nitrogen and oxygen atoms in total. The minimum absolute atomic E-state index is 0.0185. The van der Waals surface area contributed by atoms with E-state index in [1.165, 1.54) is 19.9 Å². The van der Waals surface area contributed by atoms with Gasteiger partial charge in [-0.2, -0.15) is 0 Å². The minimum atomic E-state index is -1.07. The third-order valence-corrected chi connectivity index (χ3v) is 16.4. The Balaban J connectivity index is 0.882. The first-order chi connectivity index (χ1) is 28.8. The molecule has 21 atom stereocenters. The lowest BCUT2D eigenvalue weighted by molar-refractivity contribution is -0.336. The summed E-state index contributed by atoms with van der Waals surface area (Å²) in [6, 6.07) is 0. The fourth-order valence-electron chi connectivity index (χ4n) is 13.5. The van der Waals surface area contributed by atoms with Crippen molar-refractivity contribution in [1.82, 2.24) is 0 Å². The number of fused-ring (bicyclic) bond motifs is 5. The van der Waals surface area contributed by atoms with Gasteiger partial charge in [-0.1, -0.05) is 13.8 Å². The average Bonchev–Trinajstić information content (AvgIpc) is 3.69. The number of esters is 3. The molecule has 16 heteroatoms. The molecule has 4 saturated carbocycles. The van der Waals surface area contributed by atoms with E-state index in [0.29, 0.717) is 12.3 Å². The molecule has 61 heavy (non-hydrogen) atoms. The fraction of sp³-hybridized carbons (Fsp3) is 0.889. The highest BCUT2D eigenvalue weighted by Crippen LogP contribution is 2.70. The Morgan fingerprint density at radius 2 is 1.34 bits per heavy atom. The van der Waals surface area contributed by atoms with Crippen molar-refractivity contribution in [2.45, 2.75) is 211 Å². The lowest BCUT2D eigenvalue weighted by Gasteiger charge is -2.63. The zero-order chi connectivity index (χ0) is 43.8. The first-order valence-corrected chi connectivity index (χ1v) is 22.7. The molecule has 4 aliphatic carbocycles. The molecule has 0 aromatic rings. The summed E-state index contributed by atoms with van der Waals surface area (Å²) in [5.74, 6) is -0.889. The zero-order valence-electron chi connectivity index (χ0n) is 36.6. The van der Waals surface area contributed by atoms with Gasteiger partial charge in [0.15, 0.2) is 18.9 Å². The molecule has 0 amide bonds. The van der Waals surface area contributed by atoms with Crippen LogP contribution in [0.4, 0.5) is 0 Å². The minimum Gasteiger partial charge on any atom is -0.462 e. The molecule has 4 N–H and O–H groups in total. The summed E-state index contributed by atoms with van der Waals surface area (Å²) in [4.78, 5) is 36.9. The van der Waals surface area contributed by atoms with Crippen molar-refractivity contribution in [3.05, 3.63) is 11.6 Å². The summed E-state index contributed by atoms with van der Waals surface area (Å²) in [6.07, 6.45) is -1.66. The number of rotatable bonds is 9. The summed E-state index contributed by atoms with van der Waals surface area (Å²) in [6.45, 7) is 12.7. The van der Waals surface area contributed by atoms with Crippen molar-refractivity contribution in [3.8, 4) is 0 Å². The number of aliphatic hydroxyl groups is 4. The van der Waals surface area contributed by atoms with Crippen LogP contribution in [0.2, 0.25) is 0 Å². The first kappa shape index (κ1) is 45.3. The van der Waals surface area contributed by atoms with Gasteiger partial charge in [0.05, 0.1) is 42.2 Å². The Bertz CT molecular complexity index is 1650. The Labute approximate surface area is 358 Å². The molecular formula is C45H68O16. The van der Waals surface area contributed by atoms with Crippen LogP contribution in [0.3, 0.4) is 0 Å². The molecule has 8 rings (SSSR count). The molecule has 4 heterocycles. The normalized spacial score (nSPS) is 51.0. The second kappa shape index (κ2) is 17.3. The highest BCUT2D eigenvalue weighted by Gasteiger charge is 2.71. The van der Waals surface area contributed by atoms with Gasteiger partial charge in [0, 0.05) is 56.9 Å². The van der Waals surface area contributed by atoms with E-state index in [4.69, 9.17) is 42.6 Å². The third-order valence-electron chi connectivity index (χ3n) is 16.4. The summed E-state index contributed by atoms with van der Waals surface area (Å²) in [7, 11) is 0. The molecule has 0 radical (unpaired) electrons. The first-order valence-electron chi connectivity index (χ1n) is 22.7. The lowest BCUT2D eigenvalue weighted by atomic mass is 9.43. The predicted molar refractivity (Wildman–Crippen MR) is 212 cm³/mol. The van der Waals surface area contributed by atoms with Crippen molar-refractivity contribution in [1.29, 1.82) is 0 Å². The summed E-state index contributed by atoms with van der Waals surface area (Å²) in [5.41, 5.74) is -0.875. The van der Waals surface area contributed by atoms with Gasteiger partial charge in [0.25, 0.3) is 0 Å². The van der Waals surface area contributed by atoms with E-state index >= 15 is 0 Å². The largest absolute Gasteiger partial charge is 0.462 e. The van der Waals surface area contributed by atoms with E-state index in [1.54, 1.807) is 13.8 Å². The van der Waals surface area contributed by atoms with Gasteiger partial charge in [0.2, 0.25) is 0 Å². The van der Waals surface area contributed by atoms with Crippen LogP contribution in [0.1, 0.15) is 119 Å². The maximum absolute atomic E-state index is 12.9. The highest BCUT2D eigenvalue weighted by molar-refractivity contribution is 5.85. The SMILES string of the molecule is CC(=O)O[C@H]1CC(O[C@H]2CC[C@@]3(C)[C@H](CC[C@@H]4[C@@H]3CC[C@]3(C)[C@@H](C5=CC(=O)OC5)[C@@H](OC(C)=O)C[C@]43O)C2)O[C@H](C)[C@H]1O[C@H]1C[C@H](O)[C@H](O[C@H]2C[C@H](O)[C@H](O)[C@@H](C)O2)[C@@H](C)O1. The van der Waals surface area contributed by atoms with Crippen molar-refractivity contribution in [3.63, 3.8) is 0 Å². The van der Waals surface area contributed by atoms with E-state index in [1.807, 2.05) is 6.92 Å². The molecule has 344 valence electrons. The van der Waals surface area contributed by atoms with Crippen molar-refractivity contribution in [2.24, 2.45) is 34.5 Å². The van der Waals surface area contributed by atoms with Gasteiger partial charge in [-0.15, -0.1) is 0 Å². The van der Waals surface area contributed by atoms with E-state index in [9.17, 15) is 34.8 Å². The third kappa shape index (κ3) is 8.45. The Kier molecular flexibility index (Phi) is 12.8. The molecule has 0 aromatic carbocycles. The lowest BCUT2D eigenvalue weighted by Crippen LogP contribution is -2.62. The number of ether oxygens (including phenoxy) is 9. The number of hydrogen-bond acceptors (Lipinski definition) is 16. The fourth-order valence-corrected chi connectivity index (χ4v) is 13.5. The standard InChI is InChI=1S/C45H68O16/c1-21-40(51)31(48)16-36(54-21)60-41-22(2)55-37(17-32(41)49)61-42-23(3)56-38(18-33(42)57-24(4)46)59-28-10-12-43(6)27(15-28)8-9-30-29(43)11-13-44(7)39(26-14-35(50)53-20-26)34(58-25(5)47)19-45(30,44)52/h14,21-23,27-34,36-42,48-49,51-52H,8-13,15-20H2,1-7H3/t21-,22-,23-,27-,28+,29+,30-,31+,32+,33+,34+,36+,37+,38?,39+,40-,41-,42-,43+,44-,45+/m1/s1. The van der Waals surface area contributed by atoms with Crippen LogP contribution >= 0.6 is 0 Å². The topological polar surface area (TPSA) is 215 Å². The Morgan fingerprint density at radius 3 is 1.98 bits per heavy atom. The van der Waals surface area contributed by atoms with Gasteiger partial charge < -0.3 is 63.1 Å². The van der Waals surface area contributed by atoms with Crippen LogP contribution in [0.5, 0.6) is 0 Å². The van der Waals surface area contributed by atoms with E-state index in [2.05, 4.69) is 13.8 Å². The van der Waals surface area contributed by atoms with Gasteiger partial charge in [0.1, 0.15) is 37.1 Å². The number of cyclic esters (lactones) is 1. The molecule has 8 aliphatic rings. The monoisotopic (exact) mass is 864 g/mol. The van der Waals surface area contributed by atoms with Gasteiger partial charge in [-0.3, -0.25) is 9.59 Å². The second-order valence-electron chi connectivity index (χ2n) is 20.1. The zero-order valence-corrected chi connectivity index (χ0v) is 36.6. The van der Waals surface area contributed by atoms with Crippen molar-refractivity contribution in [2.75, 3.05) is 6.61 Å². The van der Waals surface area contributed by atoms with Crippen LogP contribution in [0.15, 0.2) is 11.6 Å². The van der Waals surface area contributed by atoms with Crippen molar-refractivity contribution < 1.29 is 77.4 Å². The maximum Gasteiger partial charge on any atom is 0.331 e. The smallest absolute Gasteiger partial charge is 0.331 e. The predicted octanol–water partition coefficient (Wildman–Crippen LogP) is 3.36. The quantitative estimate of drug-likeness (QED) is 0.149. The summed E-state index contributed by atoms with van der Waals surface area (Å²) >= 11 is 0. The number of aliphatic hydroxyl groups excluding tert-OH is 3. The number of carbonyl (C=O) groups excluding carboxylic acids is 3.